The first-order chi connectivity index (χ1) is 13.0. The van der Waals surface area contributed by atoms with E-state index in [1.165, 1.54) is 5.56 Å². The summed E-state index contributed by atoms with van der Waals surface area (Å²) in [4.78, 5) is 0. The summed E-state index contributed by atoms with van der Waals surface area (Å²) in [6.07, 6.45) is -2.49. The Morgan fingerprint density at radius 3 is 2.41 bits per heavy atom. The molecule has 1 heterocycles. The van der Waals surface area contributed by atoms with E-state index in [1.54, 1.807) is 7.11 Å². The van der Waals surface area contributed by atoms with E-state index in [2.05, 4.69) is 57.9 Å². The van der Waals surface area contributed by atoms with Crippen LogP contribution in [0.1, 0.15) is 11.1 Å². The SMILES string of the molecule is COc1ccc(P2(=S)Oc3ccc(Br)cc3CN2c2ccc(C)cc2)cc1. The highest BCUT2D eigenvalue weighted by atomic mass is 79.9. The third-order valence-corrected chi connectivity index (χ3v) is 8.96. The van der Waals surface area contributed by atoms with Gasteiger partial charge < -0.3 is 13.9 Å². The molecule has 1 unspecified atom stereocenters. The zero-order valence-electron chi connectivity index (χ0n) is 15.1. The van der Waals surface area contributed by atoms with Crippen molar-refractivity contribution in [1.82, 2.24) is 0 Å². The smallest absolute Gasteiger partial charge is 0.234 e. The van der Waals surface area contributed by atoms with Crippen LogP contribution in [0.2, 0.25) is 0 Å². The average Bonchev–Trinajstić information content (AvgIpc) is 2.68. The molecule has 3 aromatic carbocycles. The number of hydrogen-bond donors (Lipinski definition) is 0. The van der Waals surface area contributed by atoms with Crippen molar-refractivity contribution >= 4 is 45.1 Å². The maximum absolute atomic E-state index is 6.52. The molecule has 0 saturated heterocycles. The van der Waals surface area contributed by atoms with Gasteiger partial charge >= 0.3 is 0 Å². The zero-order chi connectivity index (χ0) is 19.0. The predicted molar refractivity (Wildman–Crippen MR) is 119 cm³/mol. The van der Waals surface area contributed by atoms with Gasteiger partial charge in [-0.1, -0.05) is 33.6 Å². The molecule has 1 aliphatic rings. The molecule has 3 aromatic rings. The van der Waals surface area contributed by atoms with Crippen LogP contribution in [0.25, 0.3) is 0 Å². The van der Waals surface area contributed by atoms with Gasteiger partial charge in [0.2, 0.25) is 6.42 Å². The highest BCUT2D eigenvalue weighted by Crippen LogP contribution is 2.57. The molecule has 0 amide bonds. The first-order valence-electron chi connectivity index (χ1n) is 8.57. The summed E-state index contributed by atoms with van der Waals surface area (Å²) in [6.45, 7) is 2.80. The zero-order valence-corrected chi connectivity index (χ0v) is 18.4. The van der Waals surface area contributed by atoms with Crippen LogP contribution >= 0.6 is 22.3 Å². The Morgan fingerprint density at radius 2 is 1.74 bits per heavy atom. The van der Waals surface area contributed by atoms with Crippen molar-refractivity contribution in [2.24, 2.45) is 0 Å². The van der Waals surface area contributed by atoms with Gasteiger partial charge in [0.05, 0.1) is 13.7 Å². The van der Waals surface area contributed by atoms with Crippen molar-refractivity contribution in [2.75, 3.05) is 11.8 Å². The molecule has 0 fully saturated rings. The largest absolute Gasteiger partial charge is 0.497 e. The molecule has 0 bridgehead atoms. The number of aryl methyl sites for hydroxylation is 1. The van der Waals surface area contributed by atoms with Crippen LogP contribution in [-0.2, 0) is 18.4 Å². The number of fused-ring (bicyclic) bond motifs is 1. The summed E-state index contributed by atoms with van der Waals surface area (Å²) in [6, 6.07) is 22.5. The maximum Gasteiger partial charge on any atom is 0.234 e. The van der Waals surface area contributed by atoms with E-state index in [0.717, 1.165) is 32.5 Å². The van der Waals surface area contributed by atoms with Crippen LogP contribution in [0.3, 0.4) is 0 Å². The fourth-order valence-electron chi connectivity index (χ4n) is 3.12. The molecule has 27 heavy (non-hydrogen) atoms. The van der Waals surface area contributed by atoms with Gasteiger partial charge in [-0.2, -0.15) is 0 Å². The highest BCUT2D eigenvalue weighted by molar-refractivity contribution is 9.10. The summed E-state index contributed by atoms with van der Waals surface area (Å²) < 4.78 is 15.1. The first-order valence-corrected chi connectivity index (χ1v) is 12.0. The quantitative estimate of drug-likeness (QED) is 0.461. The highest BCUT2D eigenvalue weighted by Gasteiger charge is 2.36. The van der Waals surface area contributed by atoms with Crippen molar-refractivity contribution in [1.29, 1.82) is 0 Å². The van der Waals surface area contributed by atoms with Crippen molar-refractivity contribution in [3.8, 4) is 11.5 Å². The second-order valence-electron chi connectivity index (χ2n) is 6.45. The number of methoxy groups -OCH3 is 1. The van der Waals surface area contributed by atoms with Gasteiger partial charge in [0.15, 0.2) is 0 Å². The van der Waals surface area contributed by atoms with Crippen LogP contribution in [0.5, 0.6) is 11.5 Å². The molecule has 0 saturated carbocycles. The van der Waals surface area contributed by atoms with E-state index >= 15 is 0 Å². The molecule has 4 rings (SSSR count). The van der Waals surface area contributed by atoms with Crippen molar-refractivity contribution in [3.05, 3.63) is 82.3 Å². The Kier molecular flexibility index (Phi) is 5.02. The van der Waals surface area contributed by atoms with E-state index in [0.29, 0.717) is 6.54 Å². The van der Waals surface area contributed by atoms with Crippen LogP contribution < -0.4 is 19.2 Å². The molecule has 3 nitrogen and oxygen atoms in total. The van der Waals surface area contributed by atoms with Gasteiger partial charge in [0, 0.05) is 21.0 Å². The minimum atomic E-state index is -2.49. The van der Waals surface area contributed by atoms with E-state index in [1.807, 2.05) is 36.4 Å². The molecular weight excluding hydrogens is 441 g/mol. The normalized spacial score (nSPS) is 18.6. The lowest BCUT2D eigenvalue weighted by Gasteiger charge is -2.41. The van der Waals surface area contributed by atoms with Gasteiger partial charge in [-0.05, 0) is 73.3 Å². The van der Waals surface area contributed by atoms with E-state index in [-0.39, 0.29) is 0 Å². The second kappa shape index (κ2) is 7.31. The fraction of sp³-hybridized carbons (Fsp3) is 0.143. The van der Waals surface area contributed by atoms with Crippen molar-refractivity contribution in [2.45, 2.75) is 13.5 Å². The number of nitrogens with zero attached hydrogens (tertiary/aromatic N) is 1. The number of hydrogen-bond acceptors (Lipinski definition) is 3. The lowest BCUT2D eigenvalue weighted by Crippen LogP contribution is -2.32. The fourth-order valence-corrected chi connectivity index (χ4v) is 6.82. The van der Waals surface area contributed by atoms with Gasteiger partial charge in [-0.25, -0.2) is 0 Å². The summed E-state index contributed by atoms with van der Waals surface area (Å²) in [5, 5.41) is 1.01. The summed E-state index contributed by atoms with van der Waals surface area (Å²) in [5.74, 6) is 1.67. The van der Waals surface area contributed by atoms with Crippen LogP contribution in [0.4, 0.5) is 5.69 Å². The number of halogens is 1. The second-order valence-corrected chi connectivity index (χ2v) is 11.1. The van der Waals surface area contributed by atoms with Crippen molar-refractivity contribution < 1.29 is 9.26 Å². The lowest BCUT2D eigenvalue weighted by molar-refractivity contribution is 0.415. The Labute approximate surface area is 173 Å². The van der Waals surface area contributed by atoms with E-state index in [9.17, 15) is 0 Å². The molecular formula is C21H19BrNO2PS. The molecule has 0 aliphatic carbocycles. The molecule has 1 aliphatic heterocycles. The molecule has 138 valence electrons. The maximum atomic E-state index is 6.52. The third kappa shape index (κ3) is 3.52. The number of benzene rings is 3. The van der Waals surface area contributed by atoms with E-state index < -0.39 is 6.42 Å². The number of ether oxygens (including phenoxy) is 1. The van der Waals surface area contributed by atoms with Crippen LogP contribution in [0.15, 0.2) is 71.2 Å². The van der Waals surface area contributed by atoms with Gasteiger partial charge in [-0.15, -0.1) is 0 Å². The third-order valence-electron chi connectivity index (χ3n) is 4.61. The molecule has 0 radical (unpaired) electrons. The lowest BCUT2D eigenvalue weighted by atomic mass is 10.2. The van der Waals surface area contributed by atoms with Gasteiger partial charge in [0.1, 0.15) is 11.5 Å². The van der Waals surface area contributed by atoms with Crippen LogP contribution in [-0.4, -0.2) is 7.11 Å². The Hall–Kier alpha value is -1.81. The van der Waals surface area contributed by atoms with Gasteiger partial charge in [0.25, 0.3) is 0 Å². The minimum Gasteiger partial charge on any atom is -0.497 e. The molecule has 0 aromatic heterocycles. The van der Waals surface area contributed by atoms with Crippen LogP contribution in [0, 0.1) is 6.92 Å². The molecule has 1 atom stereocenters. The number of rotatable bonds is 3. The molecule has 0 spiro atoms. The Morgan fingerprint density at radius 1 is 1.04 bits per heavy atom. The average molecular weight is 460 g/mol. The van der Waals surface area contributed by atoms with Crippen molar-refractivity contribution in [3.63, 3.8) is 0 Å². The topological polar surface area (TPSA) is 21.7 Å². The minimum absolute atomic E-state index is 0.709. The van der Waals surface area contributed by atoms with E-state index in [4.69, 9.17) is 21.1 Å². The molecule has 6 heteroatoms. The monoisotopic (exact) mass is 459 g/mol. The first kappa shape index (κ1) is 18.5. The standard InChI is InChI=1S/C21H19BrNO2PS/c1-15-3-6-18(7-4-15)23-14-16-13-17(22)5-12-21(16)25-26(23,27)20-10-8-19(24-2)9-11-20/h3-13H,14H2,1-2H3. The van der Waals surface area contributed by atoms with Gasteiger partial charge in [-0.3, -0.25) is 0 Å². The summed E-state index contributed by atoms with van der Waals surface area (Å²) in [5.41, 5.74) is 3.42. The Balaban J connectivity index is 1.85. The number of anilines is 1. The summed E-state index contributed by atoms with van der Waals surface area (Å²) in [7, 11) is 1.66. The summed E-state index contributed by atoms with van der Waals surface area (Å²) >= 11 is 9.77. The predicted octanol–water partition coefficient (Wildman–Crippen LogP) is 5.80. The molecule has 0 N–H and O–H groups in total. The Bertz CT molecular complexity index is 1020.